The van der Waals surface area contributed by atoms with Gasteiger partial charge in [-0.1, -0.05) is 0 Å². The van der Waals surface area contributed by atoms with Gasteiger partial charge in [0.15, 0.2) is 0 Å². The summed E-state index contributed by atoms with van der Waals surface area (Å²) in [4.78, 5) is 23.9. The third-order valence-corrected chi connectivity index (χ3v) is 2.25. The lowest BCUT2D eigenvalue weighted by molar-refractivity contribution is -0.142. The standard InChI is InChI=1S/C11H20ClNO4/c1-8(9(14)15)13(7-5-6-12)10(16)17-11(2,3)4/h8H,5-7H2,1-4H3,(H,14,15)/t8-/m1/s1. The van der Waals surface area contributed by atoms with Gasteiger partial charge in [0.2, 0.25) is 0 Å². The largest absolute Gasteiger partial charge is 0.480 e. The minimum absolute atomic E-state index is 0.270. The van der Waals surface area contributed by atoms with Crippen LogP contribution in [0.4, 0.5) is 4.79 Å². The van der Waals surface area contributed by atoms with E-state index in [9.17, 15) is 9.59 Å². The van der Waals surface area contributed by atoms with Crippen molar-refractivity contribution in [3.8, 4) is 0 Å². The van der Waals surface area contributed by atoms with Crippen molar-refractivity contribution in [2.24, 2.45) is 0 Å². The Balaban J connectivity index is 4.67. The summed E-state index contributed by atoms with van der Waals surface area (Å²) in [6.45, 7) is 6.91. The highest BCUT2D eigenvalue weighted by Crippen LogP contribution is 2.12. The molecule has 17 heavy (non-hydrogen) atoms. The molecular weight excluding hydrogens is 246 g/mol. The Morgan fingerprint density at radius 1 is 1.41 bits per heavy atom. The SMILES string of the molecule is C[C@H](C(=O)O)N(CCCCl)C(=O)OC(C)(C)C. The van der Waals surface area contributed by atoms with Gasteiger partial charge in [-0.2, -0.15) is 0 Å². The number of carboxylic acid groups (broad SMARTS) is 1. The molecular formula is C11H20ClNO4. The van der Waals surface area contributed by atoms with Gasteiger partial charge in [-0.3, -0.25) is 4.90 Å². The highest BCUT2D eigenvalue weighted by Gasteiger charge is 2.29. The molecule has 0 aromatic carbocycles. The zero-order valence-corrected chi connectivity index (χ0v) is 11.5. The molecule has 0 saturated heterocycles. The van der Waals surface area contributed by atoms with Crippen LogP contribution in [-0.4, -0.2) is 46.1 Å². The van der Waals surface area contributed by atoms with Crippen LogP contribution in [0.2, 0.25) is 0 Å². The van der Waals surface area contributed by atoms with Crippen molar-refractivity contribution >= 4 is 23.7 Å². The Hall–Kier alpha value is -0.970. The zero-order valence-electron chi connectivity index (χ0n) is 10.7. The van der Waals surface area contributed by atoms with E-state index in [-0.39, 0.29) is 6.54 Å². The van der Waals surface area contributed by atoms with Gasteiger partial charge in [0.1, 0.15) is 11.6 Å². The first-order valence-electron chi connectivity index (χ1n) is 5.47. The van der Waals surface area contributed by atoms with Crippen molar-refractivity contribution in [1.82, 2.24) is 4.90 Å². The number of hydrogen-bond acceptors (Lipinski definition) is 3. The van der Waals surface area contributed by atoms with Crippen LogP contribution in [0, 0.1) is 0 Å². The van der Waals surface area contributed by atoms with Crippen LogP contribution in [0.15, 0.2) is 0 Å². The third-order valence-electron chi connectivity index (χ3n) is 1.99. The summed E-state index contributed by atoms with van der Waals surface area (Å²) in [6.07, 6.45) is -0.101. The number of ether oxygens (including phenoxy) is 1. The highest BCUT2D eigenvalue weighted by molar-refractivity contribution is 6.17. The van der Waals surface area contributed by atoms with Gasteiger partial charge in [-0.05, 0) is 34.1 Å². The summed E-state index contributed by atoms with van der Waals surface area (Å²) in [5.41, 5.74) is -0.644. The molecule has 0 aromatic rings. The minimum Gasteiger partial charge on any atom is -0.480 e. The van der Waals surface area contributed by atoms with E-state index in [0.717, 1.165) is 0 Å². The Bertz CT molecular complexity index is 275. The van der Waals surface area contributed by atoms with E-state index in [1.165, 1.54) is 11.8 Å². The Kier molecular flexibility index (Phi) is 6.31. The van der Waals surface area contributed by atoms with Crippen LogP contribution in [0.3, 0.4) is 0 Å². The smallest absolute Gasteiger partial charge is 0.411 e. The normalized spacial score (nSPS) is 13.0. The van der Waals surface area contributed by atoms with Crippen LogP contribution in [0.1, 0.15) is 34.1 Å². The summed E-state index contributed by atoms with van der Waals surface area (Å²) in [5.74, 6) is -0.698. The molecule has 0 fully saturated rings. The lowest BCUT2D eigenvalue weighted by Gasteiger charge is -2.29. The fraction of sp³-hybridized carbons (Fsp3) is 0.818. The Morgan fingerprint density at radius 3 is 2.29 bits per heavy atom. The van der Waals surface area contributed by atoms with Crippen molar-refractivity contribution in [3.63, 3.8) is 0 Å². The van der Waals surface area contributed by atoms with E-state index >= 15 is 0 Å². The first kappa shape index (κ1) is 16.0. The van der Waals surface area contributed by atoms with Gasteiger partial charge in [0.05, 0.1) is 0 Å². The van der Waals surface area contributed by atoms with Crippen molar-refractivity contribution < 1.29 is 19.4 Å². The maximum absolute atomic E-state index is 11.8. The second-order valence-electron chi connectivity index (χ2n) is 4.73. The number of nitrogens with zero attached hydrogens (tertiary/aromatic N) is 1. The zero-order chi connectivity index (χ0) is 13.6. The maximum Gasteiger partial charge on any atom is 0.411 e. The number of amides is 1. The molecule has 1 N–H and O–H groups in total. The predicted octanol–water partition coefficient (Wildman–Crippen LogP) is 2.33. The number of hydrogen-bond donors (Lipinski definition) is 1. The van der Waals surface area contributed by atoms with Crippen LogP contribution in [0.25, 0.3) is 0 Å². The average Bonchev–Trinajstić information content (AvgIpc) is 2.15. The molecule has 0 radical (unpaired) electrons. The summed E-state index contributed by atoms with van der Waals surface area (Å²) in [7, 11) is 0. The Morgan fingerprint density at radius 2 is 1.94 bits per heavy atom. The van der Waals surface area contributed by atoms with Crippen molar-refractivity contribution in [2.45, 2.75) is 45.8 Å². The van der Waals surface area contributed by atoms with Crippen LogP contribution in [-0.2, 0) is 9.53 Å². The molecule has 1 atom stereocenters. The second kappa shape index (κ2) is 6.69. The molecule has 0 aliphatic rings. The van der Waals surface area contributed by atoms with Gasteiger partial charge in [-0.15, -0.1) is 11.6 Å². The molecule has 0 aromatic heterocycles. The van der Waals surface area contributed by atoms with Crippen molar-refractivity contribution in [2.75, 3.05) is 12.4 Å². The monoisotopic (exact) mass is 265 g/mol. The van der Waals surface area contributed by atoms with Gasteiger partial charge in [-0.25, -0.2) is 9.59 Å². The number of aliphatic carboxylic acids is 1. The molecule has 0 spiro atoms. The Labute approximate surface area is 107 Å². The highest BCUT2D eigenvalue weighted by atomic mass is 35.5. The first-order valence-corrected chi connectivity index (χ1v) is 6.01. The molecule has 0 saturated carbocycles. The molecule has 5 nitrogen and oxygen atoms in total. The summed E-state index contributed by atoms with van der Waals surface area (Å²) in [6, 6.07) is -0.923. The molecule has 6 heteroatoms. The van der Waals surface area contributed by atoms with Crippen LogP contribution < -0.4 is 0 Å². The predicted molar refractivity (Wildman–Crippen MR) is 65.4 cm³/mol. The number of carbonyl (C=O) groups excluding carboxylic acids is 1. The molecule has 0 bridgehead atoms. The third kappa shape index (κ3) is 6.36. The number of carbonyl (C=O) groups is 2. The van der Waals surface area contributed by atoms with E-state index in [2.05, 4.69) is 0 Å². The molecule has 0 unspecified atom stereocenters. The number of rotatable bonds is 5. The van der Waals surface area contributed by atoms with E-state index in [4.69, 9.17) is 21.4 Å². The first-order chi connectivity index (χ1) is 7.69. The molecule has 0 rings (SSSR count). The molecule has 1 amide bonds. The fourth-order valence-electron chi connectivity index (χ4n) is 1.13. The summed E-state index contributed by atoms with van der Waals surface area (Å²) >= 11 is 5.54. The fourth-order valence-corrected chi connectivity index (χ4v) is 1.25. The summed E-state index contributed by atoms with van der Waals surface area (Å²) < 4.78 is 5.15. The lowest BCUT2D eigenvalue weighted by Crippen LogP contribution is -2.46. The van der Waals surface area contributed by atoms with E-state index in [1.54, 1.807) is 20.8 Å². The lowest BCUT2D eigenvalue weighted by atomic mass is 10.2. The van der Waals surface area contributed by atoms with Gasteiger partial charge >= 0.3 is 12.1 Å². The second-order valence-corrected chi connectivity index (χ2v) is 5.11. The van der Waals surface area contributed by atoms with Gasteiger partial charge in [0, 0.05) is 12.4 Å². The van der Waals surface area contributed by atoms with Crippen LogP contribution >= 0.6 is 11.6 Å². The van der Waals surface area contributed by atoms with Crippen molar-refractivity contribution in [3.05, 3.63) is 0 Å². The van der Waals surface area contributed by atoms with Gasteiger partial charge in [0.25, 0.3) is 0 Å². The molecule has 0 aliphatic carbocycles. The van der Waals surface area contributed by atoms with Crippen molar-refractivity contribution in [1.29, 1.82) is 0 Å². The molecule has 0 heterocycles. The molecule has 0 aliphatic heterocycles. The van der Waals surface area contributed by atoms with E-state index < -0.39 is 23.7 Å². The minimum atomic E-state index is -1.06. The summed E-state index contributed by atoms with van der Waals surface area (Å²) in [5, 5.41) is 8.92. The molecule has 100 valence electrons. The average molecular weight is 266 g/mol. The number of alkyl halides is 1. The number of halogens is 1. The van der Waals surface area contributed by atoms with Crippen LogP contribution in [0.5, 0.6) is 0 Å². The topological polar surface area (TPSA) is 66.8 Å². The van der Waals surface area contributed by atoms with Gasteiger partial charge < -0.3 is 9.84 Å². The number of carboxylic acids is 1. The maximum atomic E-state index is 11.8. The van der Waals surface area contributed by atoms with E-state index in [0.29, 0.717) is 12.3 Å². The van der Waals surface area contributed by atoms with E-state index in [1.807, 2.05) is 0 Å². The quantitative estimate of drug-likeness (QED) is 0.775.